The number of nitro groups is 1. The number of rotatable bonds is 6. The minimum atomic E-state index is -0.545. The molecule has 2 aromatic rings. The number of methoxy groups -OCH3 is 1. The smallest absolute Gasteiger partial charge is 0.273 e. The number of benzene rings is 2. The Balaban J connectivity index is 2.04. The predicted octanol–water partition coefficient (Wildman–Crippen LogP) is 3.96. The van der Waals surface area contributed by atoms with Crippen LogP contribution < -0.4 is 15.4 Å². The third-order valence-electron chi connectivity index (χ3n) is 3.06. The Bertz CT molecular complexity index is 783. The van der Waals surface area contributed by atoms with Crippen LogP contribution in [0.1, 0.15) is 0 Å². The van der Waals surface area contributed by atoms with Crippen LogP contribution in [0.2, 0.25) is 10.0 Å². The van der Waals surface area contributed by atoms with Crippen LogP contribution in [0.25, 0.3) is 0 Å². The highest BCUT2D eigenvalue weighted by Gasteiger charge is 2.13. The molecule has 0 bridgehead atoms. The van der Waals surface area contributed by atoms with Crippen molar-refractivity contribution in [1.29, 1.82) is 0 Å². The van der Waals surface area contributed by atoms with Crippen LogP contribution in [0, 0.1) is 10.1 Å². The number of nitrogens with one attached hydrogen (secondary N) is 2. The van der Waals surface area contributed by atoms with Crippen LogP contribution in [0.15, 0.2) is 36.4 Å². The topological polar surface area (TPSA) is 93.5 Å². The zero-order chi connectivity index (χ0) is 17.7. The SMILES string of the molecule is COc1cc([N+](=O)[O-])ccc1NC(=O)CNc1cccc(Cl)c1Cl. The van der Waals surface area contributed by atoms with Crippen molar-refractivity contribution in [3.05, 3.63) is 56.6 Å². The summed E-state index contributed by atoms with van der Waals surface area (Å²) in [5, 5.41) is 16.9. The van der Waals surface area contributed by atoms with Crippen molar-refractivity contribution in [1.82, 2.24) is 0 Å². The fraction of sp³-hybridized carbons (Fsp3) is 0.133. The van der Waals surface area contributed by atoms with Crippen LogP contribution in [0.4, 0.5) is 17.1 Å². The van der Waals surface area contributed by atoms with Crippen molar-refractivity contribution in [3.8, 4) is 5.75 Å². The Morgan fingerprint density at radius 3 is 2.67 bits per heavy atom. The monoisotopic (exact) mass is 369 g/mol. The molecule has 0 heterocycles. The summed E-state index contributed by atoms with van der Waals surface area (Å²) in [5.41, 5.74) is 0.718. The van der Waals surface area contributed by atoms with Gasteiger partial charge in [0, 0.05) is 6.07 Å². The molecule has 0 atom stereocenters. The van der Waals surface area contributed by atoms with E-state index in [1.54, 1.807) is 18.2 Å². The molecule has 0 radical (unpaired) electrons. The normalized spacial score (nSPS) is 10.1. The van der Waals surface area contributed by atoms with Gasteiger partial charge in [-0.05, 0) is 18.2 Å². The van der Waals surface area contributed by atoms with E-state index in [0.717, 1.165) is 0 Å². The number of hydrogen-bond donors (Lipinski definition) is 2. The molecule has 2 N–H and O–H groups in total. The summed E-state index contributed by atoms with van der Waals surface area (Å²) in [6.07, 6.45) is 0. The Hall–Kier alpha value is -2.51. The lowest BCUT2D eigenvalue weighted by molar-refractivity contribution is -0.384. The number of carbonyl (C=O) groups excluding carboxylic acids is 1. The van der Waals surface area contributed by atoms with Gasteiger partial charge in [-0.3, -0.25) is 14.9 Å². The molecule has 126 valence electrons. The maximum atomic E-state index is 12.0. The average Bonchev–Trinajstić information content (AvgIpc) is 2.56. The lowest BCUT2D eigenvalue weighted by atomic mass is 10.2. The molecule has 0 aliphatic rings. The van der Waals surface area contributed by atoms with Crippen molar-refractivity contribution < 1.29 is 14.5 Å². The summed E-state index contributed by atoms with van der Waals surface area (Å²) >= 11 is 11.9. The van der Waals surface area contributed by atoms with Crippen LogP contribution in [0.3, 0.4) is 0 Å². The molecule has 0 aliphatic carbocycles. The van der Waals surface area contributed by atoms with Gasteiger partial charge >= 0.3 is 0 Å². The molecule has 0 spiro atoms. The minimum absolute atomic E-state index is 0.0692. The first-order valence-electron chi connectivity index (χ1n) is 6.72. The number of nitro benzene ring substituents is 1. The fourth-order valence-corrected chi connectivity index (χ4v) is 2.27. The molecular weight excluding hydrogens is 357 g/mol. The van der Waals surface area contributed by atoms with E-state index >= 15 is 0 Å². The fourth-order valence-electron chi connectivity index (χ4n) is 1.91. The second kappa shape index (κ2) is 7.85. The third kappa shape index (κ3) is 4.27. The summed E-state index contributed by atoms with van der Waals surface area (Å²) in [6.45, 7) is -0.0692. The van der Waals surface area contributed by atoms with Crippen molar-refractivity contribution in [3.63, 3.8) is 0 Å². The zero-order valence-corrected chi connectivity index (χ0v) is 14.0. The molecule has 0 saturated carbocycles. The van der Waals surface area contributed by atoms with Gasteiger partial charge in [-0.15, -0.1) is 0 Å². The lowest BCUT2D eigenvalue weighted by Crippen LogP contribution is -2.22. The molecule has 0 fully saturated rings. The molecule has 0 unspecified atom stereocenters. The van der Waals surface area contributed by atoms with Crippen molar-refractivity contribution >= 4 is 46.2 Å². The van der Waals surface area contributed by atoms with Gasteiger partial charge in [0.05, 0.1) is 46.1 Å². The van der Waals surface area contributed by atoms with E-state index in [2.05, 4.69) is 10.6 Å². The number of non-ortho nitro benzene ring substituents is 1. The second-order valence-corrected chi connectivity index (χ2v) is 5.43. The van der Waals surface area contributed by atoms with Crippen LogP contribution in [0.5, 0.6) is 5.75 Å². The number of anilines is 2. The Kier molecular flexibility index (Phi) is 5.83. The average molecular weight is 370 g/mol. The van der Waals surface area contributed by atoms with Crippen LogP contribution in [-0.2, 0) is 4.79 Å². The van der Waals surface area contributed by atoms with Gasteiger partial charge in [0.15, 0.2) is 0 Å². The molecule has 0 saturated heterocycles. The predicted molar refractivity (Wildman–Crippen MR) is 93.2 cm³/mol. The molecule has 0 aliphatic heterocycles. The summed E-state index contributed by atoms with van der Waals surface area (Å²) in [7, 11) is 1.36. The maximum Gasteiger partial charge on any atom is 0.273 e. The first kappa shape index (κ1) is 17.8. The maximum absolute atomic E-state index is 12.0. The zero-order valence-electron chi connectivity index (χ0n) is 12.5. The molecule has 7 nitrogen and oxygen atoms in total. The largest absolute Gasteiger partial charge is 0.494 e. The molecule has 2 rings (SSSR count). The highest BCUT2D eigenvalue weighted by Crippen LogP contribution is 2.30. The van der Waals surface area contributed by atoms with E-state index in [4.69, 9.17) is 27.9 Å². The molecule has 2 aromatic carbocycles. The Morgan fingerprint density at radius 1 is 1.25 bits per heavy atom. The second-order valence-electron chi connectivity index (χ2n) is 4.64. The number of hydrogen-bond acceptors (Lipinski definition) is 5. The lowest BCUT2D eigenvalue weighted by Gasteiger charge is -2.12. The van der Waals surface area contributed by atoms with Crippen molar-refractivity contribution in [2.75, 3.05) is 24.3 Å². The van der Waals surface area contributed by atoms with E-state index in [9.17, 15) is 14.9 Å². The van der Waals surface area contributed by atoms with E-state index in [-0.39, 0.29) is 23.9 Å². The van der Waals surface area contributed by atoms with Gasteiger partial charge in [-0.2, -0.15) is 0 Å². The number of nitrogens with zero attached hydrogens (tertiary/aromatic N) is 1. The minimum Gasteiger partial charge on any atom is -0.494 e. The van der Waals surface area contributed by atoms with Gasteiger partial charge < -0.3 is 15.4 Å². The highest BCUT2D eigenvalue weighted by atomic mass is 35.5. The summed E-state index contributed by atoms with van der Waals surface area (Å²) in [4.78, 5) is 22.2. The summed E-state index contributed by atoms with van der Waals surface area (Å²) < 4.78 is 5.06. The van der Waals surface area contributed by atoms with Crippen LogP contribution >= 0.6 is 23.2 Å². The van der Waals surface area contributed by atoms with E-state index < -0.39 is 4.92 Å². The number of amides is 1. The third-order valence-corrected chi connectivity index (χ3v) is 3.88. The molecule has 24 heavy (non-hydrogen) atoms. The molecule has 9 heteroatoms. The van der Waals surface area contributed by atoms with Gasteiger partial charge in [-0.1, -0.05) is 29.3 Å². The highest BCUT2D eigenvalue weighted by molar-refractivity contribution is 6.43. The van der Waals surface area contributed by atoms with E-state index in [1.165, 1.54) is 25.3 Å². The summed E-state index contributed by atoms with van der Waals surface area (Å²) in [6, 6.07) is 8.94. The van der Waals surface area contributed by atoms with E-state index in [0.29, 0.717) is 21.4 Å². The standard InChI is InChI=1S/C15H13Cl2N3O4/c1-24-13-7-9(20(22)23)5-6-11(13)19-14(21)8-18-12-4-2-3-10(16)15(12)17/h2-7,18H,8H2,1H3,(H,19,21). The number of halogens is 2. The van der Waals surface area contributed by atoms with Gasteiger partial charge in [0.2, 0.25) is 5.91 Å². The number of ether oxygens (including phenoxy) is 1. The number of carbonyl (C=O) groups is 1. The first-order chi connectivity index (χ1) is 11.4. The quantitative estimate of drug-likeness (QED) is 0.593. The Morgan fingerprint density at radius 2 is 2.00 bits per heavy atom. The van der Waals surface area contributed by atoms with Crippen molar-refractivity contribution in [2.45, 2.75) is 0 Å². The molecule has 0 aromatic heterocycles. The van der Waals surface area contributed by atoms with Crippen molar-refractivity contribution in [2.24, 2.45) is 0 Å². The van der Waals surface area contributed by atoms with E-state index in [1.807, 2.05) is 0 Å². The van der Waals surface area contributed by atoms with Gasteiger partial charge in [0.1, 0.15) is 5.75 Å². The van der Waals surface area contributed by atoms with Crippen LogP contribution in [-0.4, -0.2) is 24.5 Å². The molecule has 1 amide bonds. The summed E-state index contributed by atoms with van der Waals surface area (Å²) in [5.74, 6) is -0.184. The van der Waals surface area contributed by atoms with Gasteiger partial charge in [0.25, 0.3) is 5.69 Å². The van der Waals surface area contributed by atoms with Gasteiger partial charge in [-0.25, -0.2) is 0 Å². The molecular formula is C15H13Cl2N3O4. The first-order valence-corrected chi connectivity index (χ1v) is 7.48. The Labute approximate surface area is 147 Å².